The summed E-state index contributed by atoms with van der Waals surface area (Å²) < 4.78 is 11.2. The van der Waals surface area contributed by atoms with Crippen LogP contribution in [0.1, 0.15) is 23.7 Å². The molecule has 106 valence electrons. The maximum atomic E-state index is 11.5. The molecule has 2 unspecified atom stereocenters. The second kappa shape index (κ2) is 7.13. The van der Waals surface area contributed by atoms with Crippen LogP contribution in [0.4, 0.5) is 11.4 Å². The summed E-state index contributed by atoms with van der Waals surface area (Å²) >= 11 is 0. The van der Waals surface area contributed by atoms with Crippen molar-refractivity contribution in [1.29, 1.82) is 0 Å². The highest BCUT2D eigenvalue weighted by molar-refractivity contribution is 7.84. The van der Waals surface area contributed by atoms with E-state index in [4.69, 9.17) is 5.73 Å². The van der Waals surface area contributed by atoms with E-state index in [1.54, 1.807) is 31.5 Å². The quantitative estimate of drug-likeness (QED) is 0.685. The van der Waals surface area contributed by atoms with E-state index in [0.29, 0.717) is 17.8 Å². The van der Waals surface area contributed by atoms with Crippen LogP contribution in [0.25, 0.3) is 0 Å². The van der Waals surface area contributed by atoms with Gasteiger partial charge in [0.1, 0.15) is 0 Å². The predicted octanol–water partition coefficient (Wildman–Crippen LogP) is 1.20. The number of hydrogen-bond donors (Lipinski definition) is 3. The Morgan fingerprint density at radius 1 is 1.47 bits per heavy atom. The highest BCUT2D eigenvalue weighted by Crippen LogP contribution is 2.20. The summed E-state index contributed by atoms with van der Waals surface area (Å²) in [5, 5.41) is 5.88. The summed E-state index contributed by atoms with van der Waals surface area (Å²) in [6, 6.07) is 5.11. The number of hydrogen-bond acceptors (Lipinski definition) is 4. The smallest absolute Gasteiger partial charge is 0.251 e. The molecule has 1 aromatic carbocycles. The van der Waals surface area contributed by atoms with Crippen molar-refractivity contribution in [3.8, 4) is 0 Å². The molecule has 0 aliphatic carbocycles. The monoisotopic (exact) mass is 283 g/mol. The molecule has 0 bridgehead atoms. The molecule has 0 fully saturated rings. The Kier molecular flexibility index (Phi) is 5.82. The largest absolute Gasteiger partial charge is 0.397 e. The summed E-state index contributed by atoms with van der Waals surface area (Å²) in [6.45, 7) is 2.62. The predicted molar refractivity (Wildman–Crippen MR) is 80.9 cm³/mol. The molecule has 6 heteroatoms. The van der Waals surface area contributed by atoms with E-state index in [-0.39, 0.29) is 11.2 Å². The Labute approximate surface area is 116 Å². The molecule has 1 aromatic rings. The van der Waals surface area contributed by atoms with Crippen molar-refractivity contribution in [2.45, 2.75) is 18.6 Å². The van der Waals surface area contributed by atoms with Crippen molar-refractivity contribution in [3.05, 3.63) is 23.8 Å². The molecule has 4 N–H and O–H groups in total. The van der Waals surface area contributed by atoms with E-state index in [1.807, 2.05) is 6.92 Å². The second-order valence-corrected chi connectivity index (χ2v) is 6.21. The number of nitrogen functional groups attached to an aromatic ring is 1. The summed E-state index contributed by atoms with van der Waals surface area (Å²) in [5.74, 6) is -0.147. The molecular weight excluding hydrogens is 262 g/mol. The molecule has 1 amide bonds. The highest BCUT2D eigenvalue weighted by atomic mass is 32.2. The van der Waals surface area contributed by atoms with E-state index >= 15 is 0 Å². The van der Waals surface area contributed by atoms with Gasteiger partial charge in [0.05, 0.1) is 11.4 Å². The number of nitrogens with one attached hydrogen (secondary N) is 2. The lowest BCUT2D eigenvalue weighted by molar-refractivity contribution is 0.0963. The summed E-state index contributed by atoms with van der Waals surface area (Å²) in [4.78, 5) is 11.5. The first-order valence-corrected chi connectivity index (χ1v) is 7.75. The van der Waals surface area contributed by atoms with Gasteiger partial charge in [-0.1, -0.05) is 6.92 Å². The molecule has 19 heavy (non-hydrogen) atoms. The molecule has 0 saturated carbocycles. The van der Waals surface area contributed by atoms with Gasteiger partial charge in [-0.2, -0.15) is 0 Å². The molecule has 0 aliphatic heterocycles. The fourth-order valence-corrected chi connectivity index (χ4v) is 2.02. The van der Waals surface area contributed by atoms with Crippen LogP contribution in [0.3, 0.4) is 0 Å². The average Bonchev–Trinajstić information content (AvgIpc) is 2.39. The van der Waals surface area contributed by atoms with Crippen LogP contribution in [-0.4, -0.2) is 35.2 Å². The molecule has 0 spiro atoms. The number of benzene rings is 1. The van der Waals surface area contributed by atoms with Crippen LogP contribution < -0.4 is 16.4 Å². The standard InChI is InChI=1S/C13H21N3O2S/c1-9(19(3)18)6-7-16-12-8-10(13(17)15-2)4-5-11(12)14/h4-5,8-9,16H,6-7,14H2,1-3H3,(H,15,17). The van der Waals surface area contributed by atoms with Crippen molar-refractivity contribution in [3.63, 3.8) is 0 Å². The maximum absolute atomic E-state index is 11.5. The van der Waals surface area contributed by atoms with Crippen molar-refractivity contribution < 1.29 is 9.00 Å². The van der Waals surface area contributed by atoms with Gasteiger partial charge >= 0.3 is 0 Å². The lowest BCUT2D eigenvalue weighted by atomic mass is 10.1. The third-order valence-electron chi connectivity index (χ3n) is 2.98. The maximum Gasteiger partial charge on any atom is 0.251 e. The van der Waals surface area contributed by atoms with E-state index in [2.05, 4.69) is 10.6 Å². The van der Waals surface area contributed by atoms with Gasteiger partial charge < -0.3 is 16.4 Å². The SMILES string of the molecule is CNC(=O)c1ccc(N)c(NCCC(C)S(C)=O)c1. The number of rotatable bonds is 6. The summed E-state index contributed by atoms with van der Waals surface area (Å²) in [6.07, 6.45) is 2.48. The number of nitrogens with two attached hydrogens (primary N) is 1. The zero-order valence-corrected chi connectivity index (χ0v) is 12.3. The lowest BCUT2D eigenvalue weighted by Crippen LogP contribution is -2.19. The van der Waals surface area contributed by atoms with Crippen LogP contribution in [0.2, 0.25) is 0 Å². The van der Waals surface area contributed by atoms with E-state index in [1.165, 1.54) is 0 Å². The minimum atomic E-state index is -0.822. The number of carbonyl (C=O) groups is 1. The Balaban J connectivity index is 2.67. The Bertz CT molecular complexity index is 477. The second-order valence-electron chi connectivity index (χ2n) is 4.41. The van der Waals surface area contributed by atoms with E-state index < -0.39 is 10.8 Å². The highest BCUT2D eigenvalue weighted by Gasteiger charge is 2.08. The van der Waals surface area contributed by atoms with Crippen LogP contribution in [0.15, 0.2) is 18.2 Å². The Hall–Kier alpha value is -1.56. The van der Waals surface area contributed by atoms with Gasteiger partial charge in [0, 0.05) is 41.5 Å². The Morgan fingerprint density at radius 2 is 2.16 bits per heavy atom. The van der Waals surface area contributed by atoms with E-state index in [9.17, 15) is 9.00 Å². The lowest BCUT2D eigenvalue weighted by Gasteiger charge is -2.13. The van der Waals surface area contributed by atoms with Crippen LogP contribution in [0, 0.1) is 0 Å². The van der Waals surface area contributed by atoms with Crippen LogP contribution >= 0.6 is 0 Å². The molecule has 2 atom stereocenters. The molecule has 1 rings (SSSR count). The molecule has 0 saturated heterocycles. The van der Waals surface area contributed by atoms with Gasteiger partial charge in [0.15, 0.2) is 0 Å². The van der Waals surface area contributed by atoms with Gasteiger partial charge in [-0.25, -0.2) is 0 Å². The third kappa shape index (κ3) is 4.55. The third-order valence-corrected chi connectivity index (χ3v) is 4.34. The van der Waals surface area contributed by atoms with Crippen molar-refractivity contribution in [2.75, 3.05) is 30.9 Å². The van der Waals surface area contributed by atoms with Gasteiger partial charge in [-0.3, -0.25) is 9.00 Å². The fourth-order valence-electron chi connectivity index (χ4n) is 1.57. The van der Waals surface area contributed by atoms with Gasteiger partial charge in [-0.05, 0) is 24.6 Å². The summed E-state index contributed by atoms with van der Waals surface area (Å²) in [7, 11) is 0.765. The molecule has 0 heterocycles. The number of amides is 1. The minimum absolute atomic E-state index is 0.135. The molecule has 0 aliphatic rings. The molecule has 0 radical (unpaired) electrons. The van der Waals surface area contributed by atoms with Gasteiger partial charge in [0.25, 0.3) is 5.91 Å². The van der Waals surface area contributed by atoms with Gasteiger partial charge in [0.2, 0.25) is 0 Å². The molecule has 0 aromatic heterocycles. The fraction of sp³-hybridized carbons (Fsp3) is 0.462. The van der Waals surface area contributed by atoms with Crippen molar-refractivity contribution in [2.24, 2.45) is 0 Å². The number of carbonyl (C=O) groups excluding carboxylic acids is 1. The average molecular weight is 283 g/mol. The van der Waals surface area contributed by atoms with E-state index in [0.717, 1.165) is 12.1 Å². The van der Waals surface area contributed by atoms with Gasteiger partial charge in [-0.15, -0.1) is 0 Å². The molecular formula is C13H21N3O2S. The summed E-state index contributed by atoms with van der Waals surface area (Å²) in [5.41, 5.74) is 7.74. The first-order chi connectivity index (χ1) is 8.95. The van der Waals surface area contributed by atoms with Crippen LogP contribution in [0.5, 0.6) is 0 Å². The normalized spacial score (nSPS) is 13.6. The number of anilines is 2. The zero-order chi connectivity index (χ0) is 14.4. The topological polar surface area (TPSA) is 84.2 Å². The van der Waals surface area contributed by atoms with Crippen LogP contribution in [-0.2, 0) is 10.8 Å². The first-order valence-electron chi connectivity index (χ1n) is 6.13. The minimum Gasteiger partial charge on any atom is -0.397 e. The van der Waals surface area contributed by atoms with Crippen molar-refractivity contribution >= 4 is 28.1 Å². The zero-order valence-electron chi connectivity index (χ0n) is 11.5. The first kappa shape index (κ1) is 15.5. The molecule has 5 nitrogen and oxygen atoms in total. The Morgan fingerprint density at radius 3 is 2.74 bits per heavy atom. The van der Waals surface area contributed by atoms with Crippen molar-refractivity contribution in [1.82, 2.24) is 5.32 Å².